The van der Waals surface area contributed by atoms with Gasteiger partial charge < -0.3 is 10.5 Å². The first-order valence-corrected chi connectivity index (χ1v) is 6.49. The molecule has 1 aromatic rings. The van der Waals surface area contributed by atoms with Crippen LogP contribution in [0.3, 0.4) is 0 Å². The maximum atomic E-state index is 12.1. The Balaban J connectivity index is 2.19. The van der Waals surface area contributed by atoms with Crippen molar-refractivity contribution in [2.75, 3.05) is 0 Å². The molecule has 0 amide bonds. The van der Waals surface area contributed by atoms with Crippen molar-refractivity contribution in [3.05, 3.63) is 58.2 Å². The minimum absolute atomic E-state index is 0.0300. The third-order valence-corrected chi connectivity index (χ3v) is 3.73. The monoisotopic (exact) mass is 277 g/mol. The lowest BCUT2D eigenvalue weighted by molar-refractivity contribution is -0.115. The van der Waals surface area contributed by atoms with Crippen LogP contribution in [0.4, 0.5) is 0 Å². The van der Waals surface area contributed by atoms with Crippen LogP contribution in [0.25, 0.3) is 0 Å². The number of carbonyl (C=O) groups is 1. The zero-order chi connectivity index (χ0) is 15.0. The SMILES string of the molecule is N#CC1=C(N)OC2=C(C(=O)CC2)C1c1cccc(C#N)c1. The molecule has 1 aromatic carbocycles. The van der Waals surface area contributed by atoms with Gasteiger partial charge in [0.25, 0.3) is 0 Å². The summed E-state index contributed by atoms with van der Waals surface area (Å²) < 4.78 is 5.42. The standard InChI is InChI=1S/C16H11N3O2/c17-7-9-2-1-3-10(6-9)14-11(8-18)16(19)21-13-5-4-12(20)15(13)14/h1-3,6,14H,4-5,19H2. The molecule has 2 N–H and O–H groups in total. The molecule has 5 nitrogen and oxygen atoms in total. The number of Topliss-reactive ketones (excluding diaryl/α,β-unsaturated/α-hetero) is 1. The van der Waals surface area contributed by atoms with Gasteiger partial charge in [0, 0.05) is 18.4 Å². The molecule has 0 fully saturated rings. The number of allylic oxidation sites excluding steroid dienone is 3. The predicted molar refractivity (Wildman–Crippen MR) is 73.1 cm³/mol. The fourth-order valence-corrected chi connectivity index (χ4v) is 2.79. The molecular formula is C16H11N3O2. The van der Waals surface area contributed by atoms with Crippen LogP contribution in [0.2, 0.25) is 0 Å². The van der Waals surface area contributed by atoms with Crippen molar-refractivity contribution >= 4 is 5.78 Å². The normalized spacial score (nSPS) is 20.7. The predicted octanol–water partition coefficient (Wildman–Crippen LogP) is 1.98. The number of carbonyl (C=O) groups excluding carboxylic acids is 1. The summed E-state index contributed by atoms with van der Waals surface area (Å²) in [5, 5.41) is 18.4. The number of ether oxygens (including phenoxy) is 1. The minimum atomic E-state index is -0.540. The van der Waals surface area contributed by atoms with Gasteiger partial charge in [-0.3, -0.25) is 4.79 Å². The first-order chi connectivity index (χ1) is 10.2. The van der Waals surface area contributed by atoms with Crippen LogP contribution >= 0.6 is 0 Å². The first kappa shape index (κ1) is 13.0. The van der Waals surface area contributed by atoms with Gasteiger partial charge in [-0.2, -0.15) is 10.5 Å². The largest absolute Gasteiger partial charge is 0.444 e. The number of benzene rings is 1. The number of hydrogen-bond donors (Lipinski definition) is 1. The number of nitrogens with zero attached hydrogens (tertiary/aromatic N) is 2. The Hall–Kier alpha value is -3.05. The topological polar surface area (TPSA) is 99.9 Å². The number of rotatable bonds is 1. The number of nitrogens with two attached hydrogens (primary N) is 1. The summed E-state index contributed by atoms with van der Waals surface area (Å²) >= 11 is 0. The van der Waals surface area contributed by atoms with Gasteiger partial charge in [-0.25, -0.2) is 0 Å². The lowest BCUT2D eigenvalue weighted by Crippen LogP contribution is -2.21. The summed E-state index contributed by atoms with van der Waals surface area (Å²) in [5.74, 6) is 0.0156. The van der Waals surface area contributed by atoms with Gasteiger partial charge in [0.15, 0.2) is 5.78 Å². The summed E-state index contributed by atoms with van der Waals surface area (Å²) in [6, 6.07) is 11.0. The van der Waals surface area contributed by atoms with E-state index in [-0.39, 0.29) is 17.2 Å². The second-order valence-corrected chi connectivity index (χ2v) is 4.92. The lowest BCUT2D eigenvalue weighted by atomic mass is 9.82. The highest BCUT2D eigenvalue weighted by Gasteiger charge is 2.39. The van der Waals surface area contributed by atoms with Crippen LogP contribution in [0.15, 0.2) is 47.1 Å². The molecule has 0 saturated heterocycles. The van der Waals surface area contributed by atoms with Crippen molar-refractivity contribution in [1.29, 1.82) is 10.5 Å². The molecule has 0 aromatic heterocycles. The Bertz CT molecular complexity index is 790. The van der Waals surface area contributed by atoms with E-state index in [4.69, 9.17) is 15.7 Å². The molecule has 1 heterocycles. The van der Waals surface area contributed by atoms with Crippen molar-refractivity contribution in [2.45, 2.75) is 18.8 Å². The molecule has 5 heteroatoms. The van der Waals surface area contributed by atoms with Crippen LogP contribution in [0, 0.1) is 22.7 Å². The van der Waals surface area contributed by atoms with Crippen molar-refractivity contribution in [3.8, 4) is 12.1 Å². The van der Waals surface area contributed by atoms with E-state index in [1.807, 2.05) is 6.07 Å². The highest BCUT2D eigenvalue weighted by Crippen LogP contribution is 2.44. The van der Waals surface area contributed by atoms with E-state index in [2.05, 4.69) is 6.07 Å². The van der Waals surface area contributed by atoms with Crippen LogP contribution in [0.5, 0.6) is 0 Å². The van der Waals surface area contributed by atoms with E-state index >= 15 is 0 Å². The van der Waals surface area contributed by atoms with Crippen LogP contribution in [-0.4, -0.2) is 5.78 Å². The maximum Gasteiger partial charge on any atom is 0.205 e. The Morgan fingerprint density at radius 2 is 2.05 bits per heavy atom. The molecule has 102 valence electrons. The fourth-order valence-electron chi connectivity index (χ4n) is 2.79. The molecule has 0 bridgehead atoms. The summed E-state index contributed by atoms with van der Waals surface area (Å²) in [4.78, 5) is 12.1. The summed E-state index contributed by atoms with van der Waals surface area (Å²) in [5.41, 5.74) is 7.71. The summed E-state index contributed by atoms with van der Waals surface area (Å²) in [6.45, 7) is 0. The van der Waals surface area contributed by atoms with Crippen LogP contribution in [0.1, 0.15) is 29.9 Å². The number of ketones is 1. The van der Waals surface area contributed by atoms with Gasteiger partial charge >= 0.3 is 0 Å². The zero-order valence-corrected chi connectivity index (χ0v) is 11.1. The Morgan fingerprint density at radius 3 is 2.76 bits per heavy atom. The molecule has 0 spiro atoms. The van der Waals surface area contributed by atoms with Crippen molar-refractivity contribution < 1.29 is 9.53 Å². The van der Waals surface area contributed by atoms with E-state index in [1.165, 1.54) is 0 Å². The molecule has 1 atom stereocenters. The van der Waals surface area contributed by atoms with E-state index in [1.54, 1.807) is 24.3 Å². The van der Waals surface area contributed by atoms with E-state index in [0.717, 1.165) is 0 Å². The highest BCUT2D eigenvalue weighted by atomic mass is 16.5. The lowest BCUT2D eigenvalue weighted by Gasteiger charge is -2.25. The summed E-state index contributed by atoms with van der Waals surface area (Å²) in [6.07, 6.45) is 0.868. The second-order valence-electron chi connectivity index (χ2n) is 4.92. The number of hydrogen-bond acceptors (Lipinski definition) is 5. The molecule has 1 aliphatic heterocycles. The molecule has 2 aliphatic rings. The van der Waals surface area contributed by atoms with Crippen LogP contribution < -0.4 is 5.73 Å². The van der Waals surface area contributed by atoms with Gasteiger partial charge in [-0.1, -0.05) is 12.1 Å². The number of nitriles is 2. The smallest absolute Gasteiger partial charge is 0.205 e. The second kappa shape index (κ2) is 4.81. The van der Waals surface area contributed by atoms with E-state index in [0.29, 0.717) is 35.3 Å². The van der Waals surface area contributed by atoms with E-state index in [9.17, 15) is 10.1 Å². The van der Waals surface area contributed by atoms with Crippen LogP contribution in [-0.2, 0) is 9.53 Å². The van der Waals surface area contributed by atoms with Gasteiger partial charge in [0.2, 0.25) is 5.88 Å². The van der Waals surface area contributed by atoms with Crippen molar-refractivity contribution in [1.82, 2.24) is 0 Å². The average Bonchev–Trinajstić information content (AvgIpc) is 2.86. The Kier molecular flexibility index (Phi) is 2.97. The van der Waals surface area contributed by atoms with E-state index < -0.39 is 5.92 Å². The van der Waals surface area contributed by atoms with Gasteiger partial charge in [-0.15, -0.1) is 0 Å². The Labute approximate surface area is 121 Å². The molecule has 1 aliphatic carbocycles. The molecule has 3 rings (SSSR count). The average molecular weight is 277 g/mol. The maximum absolute atomic E-state index is 12.1. The fraction of sp³-hybridized carbons (Fsp3) is 0.188. The Morgan fingerprint density at radius 1 is 1.24 bits per heavy atom. The van der Waals surface area contributed by atoms with Gasteiger partial charge in [0.05, 0.1) is 17.6 Å². The summed E-state index contributed by atoms with van der Waals surface area (Å²) in [7, 11) is 0. The minimum Gasteiger partial charge on any atom is -0.444 e. The quantitative estimate of drug-likeness (QED) is 0.846. The van der Waals surface area contributed by atoms with Gasteiger partial charge in [-0.05, 0) is 17.7 Å². The highest BCUT2D eigenvalue weighted by molar-refractivity contribution is 6.01. The third-order valence-electron chi connectivity index (χ3n) is 3.73. The first-order valence-electron chi connectivity index (χ1n) is 6.49. The molecular weight excluding hydrogens is 266 g/mol. The molecule has 0 radical (unpaired) electrons. The molecule has 21 heavy (non-hydrogen) atoms. The van der Waals surface area contributed by atoms with Crippen molar-refractivity contribution in [3.63, 3.8) is 0 Å². The molecule has 0 saturated carbocycles. The van der Waals surface area contributed by atoms with Gasteiger partial charge in [0.1, 0.15) is 17.4 Å². The third kappa shape index (κ3) is 1.96. The van der Waals surface area contributed by atoms with Crippen molar-refractivity contribution in [2.24, 2.45) is 5.73 Å². The molecule has 1 unspecified atom stereocenters. The zero-order valence-electron chi connectivity index (χ0n) is 11.1.